The molecule has 9 nitrogen and oxygen atoms in total. The summed E-state index contributed by atoms with van der Waals surface area (Å²) in [5, 5.41) is 0. The van der Waals surface area contributed by atoms with Crippen LogP contribution in [0.4, 0.5) is 0 Å². The average molecular weight is 433 g/mol. The van der Waals surface area contributed by atoms with E-state index in [1.807, 2.05) is 0 Å². The van der Waals surface area contributed by atoms with Crippen LogP contribution in [0.5, 0.6) is 11.5 Å². The number of benzene rings is 2. The predicted molar refractivity (Wildman–Crippen MR) is 109 cm³/mol. The summed E-state index contributed by atoms with van der Waals surface area (Å²) in [5.74, 6) is -0.662. The zero-order valence-electron chi connectivity index (χ0n) is 16.7. The minimum Gasteiger partial charge on any atom is -0.493 e. The molecule has 0 spiro atoms. The summed E-state index contributed by atoms with van der Waals surface area (Å²) in [6.07, 6.45) is 1.64. The highest BCUT2D eigenvalue weighted by Gasteiger charge is 2.27. The van der Waals surface area contributed by atoms with E-state index in [2.05, 4.69) is 10.9 Å². The molecule has 0 saturated carbocycles. The first-order valence-electron chi connectivity index (χ1n) is 9.30. The fourth-order valence-electron chi connectivity index (χ4n) is 3.19. The third-order valence-corrected chi connectivity index (χ3v) is 6.63. The summed E-state index contributed by atoms with van der Waals surface area (Å²) in [4.78, 5) is 25.0. The van der Waals surface area contributed by atoms with Crippen molar-refractivity contribution >= 4 is 21.8 Å². The number of sulfonamides is 1. The topological polar surface area (TPSA) is 114 Å². The second kappa shape index (κ2) is 9.14. The van der Waals surface area contributed by atoms with Crippen molar-refractivity contribution in [2.75, 3.05) is 27.3 Å². The molecule has 10 heteroatoms. The quantitative estimate of drug-likeness (QED) is 0.669. The van der Waals surface area contributed by atoms with Crippen LogP contribution in [-0.4, -0.2) is 51.8 Å². The molecule has 2 amide bonds. The number of hydrogen-bond donors (Lipinski definition) is 2. The van der Waals surface area contributed by atoms with Gasteiger partial charge < -0.3 is 9.47 Å². The number of hydrazine groups is 1. The number of methoxy groups -OCH3 is 2. The minimum atomic E-state index is -3.65. The van der Waals surface area contributed by atoms with Crippen LogP contribution in [0.25, 0.3) is 0 Å². The Bertz CT molecular complexity index is 1050. The normalized spacial score (nSPS) is 14.2. The van der Waals surface area contributed by atoms with Crippen LogP contribution in [0.1, 0.15) is 33.6 Å². The molecular formula is C20H23N3O6S. The molecule has 0 atom stereocenters. The van der Waals surface area contributed by atoms with Crippen LogP contribution in [-0.2, 0) is 10.0 Å². The van der Waals surface area contributed by atoms with Crippen molar-refractivity contribution in [1.29, 1.82) is 0 Å². The lowest BCUT2D eigenvalue weighted by atomic mass is 10.1. The van der Waals surface area contributed by atoms with Crippen LogP contribution in [0, 0.1) is 0 Å². The molecule has 0 radical (unpaired) electrons. The van der Waals surface area contributed by atoms with Crippen molar-refractivity contribution in [1.82, 2.24) is 15.2 Å². The van der Waals surface area contributed by atoms with Crippen molar-refractivity contribution in [2.24, 2.45) is 0 Å². The number of carbonyl (C=O) groups is 2. The predicted octanol–water partition coefficient (Wildman–Crippen LogP) is 1.56. The van der Waals surface area contributed by atoms with E-state index >= 15 is 0 Å². The van der Waals surface area contributed by atoms with Crippen LogP contribution in [0.2, 0.25) is 0 Å². The molecule has 1 aliphatic heterocycles. The molecule has 3 rings (SSSR count). The van der Waals surface area contributed by atoms with Crippen LogP contribution in [0.3, 0.4) is 0 Å². The maximum absolute atomic E-state index is 12.7. The molecule has 0 aliphatic carbocycles. The fourth-order valence-corrected chi connectivity index (χ4v) is 4.76. The van der Waals surface area contributed by atoms with Gasteiger partial charge in [0.15, 0.2) is 11.5 Å². The first-order valence-corrected chi connectivity index (χ1v) is 10.7. The second-order valence-electron chi connectivity index (χ2n) is 6.59. The van der Waals surface area contributed by atoms with Gasteiger partial charge in [-0.3, -0.25) is 20.4 Å². The van der Waals surface area contributed by atoms with Crippen LogP contribution >= 0.6 is 0 Å². The minimum absolute atomic E-state index is 0.0397. The highest BCUT2D eigenvalue weighted by molar-refractivity contribution is 7.89. The monoisotopic (exact) mass is 433 g/mol. The summed E-state index contributed by atoms with van der Waals surface area (Å²) in [5.41, 5.74) is 4.87. The first kappa shape index (κ1) is 21.6. The average Bonchev–Trinajstić information content (AvgIpc) is 3.32. The first-order chi connectivity index (χ1) is 14.4. The van der Waals surface area contributed by atoms with Crippen LogP contribution < -0.4 is 20.3 Å². The maximum atomic E-state index is 12.7. The standard InChI is InChI=1S/C20H23N3O6S/c1-28-17-10-6-9-16(18(17)29-2)20(25)22-21-19(24)14-7-5-8-15(13-14)30(26,27)23-11-3-4-12-23/h5-10,13H,3-4,11-12H2,1-2H3,(H,21,24)(H,22,25). The summed E-state index contributed by atoms with van der Waals surface area (Å²) < 4.78 is 37.2. The van der Waals surface area contributed by atoms with Gasteiger partial charge in [-0.1, -0.05) is 12.1 Å². The summed E-state index contributed by atoms with van der Waals surface area (Å²) in [6.45, 7) is 0.939. The van der Waals surface area contributed by atoms with Crippen molar-refractivity contribution in [3.05, 3.63) is 53.6 Å². The number of rotatable bonds is 6. The Morgan fingerprint density at radius 1 is 0.933 bits per heavy atom. The maximum Gasteiger partial charge on any atom is 0.273 e. The van der Waals surface area contributed by atoms with Crippen LogP contribution in [0.15, 0.2) is 47.4 Å². The number of nitrogens with zero attached hydrogens (tertiary/aromatic N) is 1. The van der Waals surface area contributed by atoms with Crippen molar-refractivity contribution in [3.8, 4) is 11.5 Å². The molecule has 30 heavy (non-hydrogen) atoms. The number of nitrogens with one attached hydrogen (secondary N) is 2. The Morgan fingerprint density at radius 2 is 1.60 bits per heavy atom. The smallest absolute Gasteiger partial charge is 0.273 e. The number of para-hydroxylation sites is 1. The molecule has 2 aromatic carbocycles. The van der Waals surface area contributed by atoms with Gasteiger partial charge in [0.25, 0.3) is 11.8 Å². The zero-order chi connectivity index (χ0) is 21.7. The fraction of sp³-hybridized carbons (Fsp3) is 0.300. The van der Waals surface area contributed by atoms with E-state index in [1.165, 1.54) is 48.9 Å². The van der Waals surface area contributed by atoms with Gasteiger partial charge in [-0.15, -0.1) is 0 Å². The molecule has 1 fully saturated rings. The SMILES string of the molecule is COc1cccc(C(=O)NNC(=O)c2cccc(S(=O)(=O)N3CCCC3)c2)c1OC. The largest absolute Gasteiger partial charge is 0.493 e. The van der Waals surface area contributed by atoms with Gasteiger partial charge in [-0.2, -0.15) is 4.31 Å². The van der Waals surface area contributed by atoms with E-state index in [4.69, 9.17) is 9.47 Å². The van der Waals surface area contributed by atoms with Gasteiger partial charge in [0.2, 0.25) is 10.0 Å². The molecule has 1 aliphatic rings. The van der Waals surface area contributed by atoms with Crippen molar-refractivity contribution in [3.63, 3.8) is 0 Å². The van der Waals surface area contributed by atoms with Gasteiger partial charge in [0.05, 0.1) is 24.7 Å². The van der Waals surface area contributed by atoms with Crippen molar-refractivity contribution < 1.29 is 27.5 Å². The zero-order valence-corrected chi connectivity index (χ0v) is 17.5. The lowest BCUT2D eigenvalue weighted by molar-refractivity contribution is 0.0844. The van der Waals surface area contributed by atoms with Gasteiger partial charge in [0, 0.05) is 18.7 Å². The van der Waals surface area contributed by atoms with Crippen molar-refractivity contribution in [2.45, 2.75) is 17.7 Å². The molecule has 160 valence electrons. The van der Waals surface area contributed by atoms with E-state index in [-0.39, 0.29) is 21.8 Å². The summed E-state index contributed by atoms with van der Waals surface area (Å²) >= 11 is 0. The lowest BCUT2D eigenvalue weighted by Gasteiger charge is -2.16. The summed E-state index contributed by atoms with van der Waals surface area (Å²) in [6, 6.07) is 10.5. The van der Waals surface area contributed by atoms with E-state index < -0.39 is 21.8 Å². The molecule has 0 aromatic heterocycles. The van der Waals surface area contributed by atoms with Gasteiger partial charge >= 0.3 is 0 Å². The lowest BCUT2D eigenvalue weighted by Crippen LogP contribution is -2.41. The van der Waals surface area contributed by atoms with E-state index in [1.54, 1.807) is 12.1 Å². The Hall–Kier alpha value is -3.11. The highest BCUT2D eigenvalue weighted by atomic mass is 32.2. The third-order valence-electron chi connectivity index (χ3n) is 4.74. The number of ether oxygens (including phenoxy) is 2. The molecule has 1 heterocycles. The van der Waals surface area contributed by atoms with E-state index in [0.717, 1.165) is 12.8 Å². The molecule has 2 N–H and O–H groups in total. The molecule has 1 saturated heterocycles. The van der Waals surface area contributed by atoms with Gasteiger partial charge in [-0.25, -0.2) is 8.42 Å². The number of carbonyl (C=O) groups excluding carboxylic acids is 2. The molecule has 0 unspecified atom stereocenters. The Morgan fingerprint density at radius 3 is 2.27 bits per heavy atom. The van der Waals surface area contributed by atoms with E-state index in [9.17, 15) is 18.0 Å². The van der Waals surface area contributed by atoms with Gasteiger partial charge in [0.1, 0.15) is 0 Å². The number of amides is 2. The third kappa shape index (κ3) is 4.39. The number of hydrogen-bond acceptors (Lipinski definition) is 6. The second-order valence-corrected chi connectivity index (χ2v) is 8.53. The molecular weight excluding hydrogens is 410 g/mol. The summed E-state index contributed by atoms with van der Waals surface area (Å²) in [7, 11) is -0.799. The highest BCUT2D eigenvalue weighted by Crippen LogP contribution is 2.30. The van der Waals surface area contributed by atoms with E-state index in [0.29, 0.717) is 18.8 Å². The Kier molecular flexibility index (Phi) is 6.58. The Balaban J connectivity index is 1.72. The van der Waals surface area contributed by atoms with Gasteiger partial charge in [-0.05, 0) is 43.2 Å². The Labute approximate surface area is 175 Å². The molecule has 0 bridgehead atoms. The molecule has 2 aromatic rings.